The van der Waals surface area contributed by atoms with Crippen LogP contribution in [0.5, 0.6) is 5.75 Å². The zero-order valence-electron chi connectivity index (χ0n) is 28.7. The van der Waals surface area contributed by atoms with Gasteiger partial charge in [0.25, 0.3) is 0 Å². The Balaban J connectivity index is 1.30. The number of esters is 1. The lowest BCUT2D eigenvalue weighted by Crippen LogP contribution is -2.46. The number of pyridine rings is 1. The maximum atomic E-state index is 13.6. The minimum Gasteiger partial charge on any atom is -0.487 e. The van der Waals surface area contributed by atoms with Crippen molar-refractivity contribution in [3.8, 4) is 11.8 Å². The molecule has 12 nitrogen and oxygen atoms in total. The lowest BCUT2D eigenvalue weighted by Gasteiger charge is -2.35. The first-order chi connectivity index (χ1) is 23.3. The number of nitriles is 1. The molecule has 3 heterocycles. The van der Waals surface area contributed by atoms with E-state index in [0.29, 0.717) is 72.7 Å². The SMILES string of the molecule is COC(=O)CC(NC(=O)C1CCCN(C(=O)CCC2CCN(C(=O)OC(C)(C)C)CC2)C1)c1cncc(OCc2ccc(C#N)c(Br)c2)c1. The van der Waals surface area contributed by atoms with Gasteiger partial charge in [0.1, 0.15) is 24.0 Å². The molecule has 0 spiro atoms. The number of ether oxygens (including phenoxy) is 3. The largest absolute Gasteiger partial charge is 0.487 e. The van der Waals surface area contributed by atoms with Gasteiger partial charge in [-0.3, -0.25) is 19.4 Å². The number of methoxy groups -OCH3 is 1. The number of hydrogen-bond acceptors (Lipinski definition) is 9. The Hall–Kier alpha value is -4.18. The van der Waals surface area contributed by atoms with Crippen LogP contribution in [0.3, 0.4) is 0 Å². The van der Waals surface area contributed by atoms with E-state index >= 15 is 0 Å². The number of aromatic nitrogens is 1. The van der Waals surface area contributed by atoms with Crippen molar-refractivity contribution in [3.63, 3.8) is 0 Å². The second-order valence-corrected chi connectivity index (χ2v) is 14.5. The Labute approximate surface area is 296 Å². The van der Waals surface area contributed by atoms with Crippen molar-refractivity contribution in [2.75, 3.05) is 33.3 Å². The normalized spacial score (nSPS) is 17.4. The monoisotopic (exact) mass is 739 g/mol. The molecular formula is C36H46BrN5O7. The third-order valence-corrected chi connectivity index (χ3v) is 9.44. The molecule has 13 heteroatoms. The van der Waals surface area contributed by atoms with Gasteiger partial charge < -0.3 is 29.3 Å². The Kier molecular flexibility index (Phi) is 13.4. The van der Waals surface area contributed by atoms with Crippen molar-refractivity contribution in [1.82, 2.24) is 20.1 Å². The van der Waals surface area contributed by atoms with Crippen molar-refractivity contribution in [1.29, 1.82) is 5.26 Å². The van der Waals surface area contributed by atoms with Gasteiger partial charge in [0, 0.05) is 43.3 Å². The molecule has 264 valence electrons. The van der Waals surface area contributed by atoms with Crippen LogP contribution in [0.4, 0.5) is 4.79 Å². The Bertz CT molecular complexity index is 1530. The van der Waals surface area contributed by atoms with Crippen molar-refractivity contribution < 1.29 is 33.4 Å². The van der Waals surface area contributed by atoms with Gasteiger partial charge in [-0.2, -0.15) is 5.26 Å². The van der Waals surface area contributed by atoms with Gasteiger partial charge in [-0.1, -0.05) is 6.07 Å². The summed E-state index contributed by atoms with van der Waals surface area (Å²) >= 11 is 3.39. The van der Waals surface area contributed by atoms with E-state index in [0.717, 1.165) is 24.8 Å². The molecule has 2 unspecified atom stereocenters. The fraction of sp³-hybridized carbons (Fsp3) is 0.556. The average molecular weight is 741 g/mol. The lowest BCUT2D eigenvalue weighted by atomic mass is 9.91. The van der Waals surface area contributed by atoms with Crippen molar-refractivity contribution in [3.05, 3.63) is 57.8 Å². The minimum absolute atomic E-state index is 0.0292. The summed E-state index contributed by atoms with van der Waals surface area (Å²) in [4.78, 5) is 59.3. The smallest absolute Gasteiger partial charge is 0.410 e. The number of likely N-dealkylation sites (tertiary alicyclic amines) is 2. The van der Waals surface area contributed by atoms with Crippen LogP contribution in [-0.2, 0) is 30.5 Å². The van der Waals surface area contributed by atoms with Crippen LogP contribution in [0.1, 0.15) is 88.4 Å². The van der Waals surface area contributed by atoms with Gasteiger partial charge in [0.2, 0.25) is 11.8 Å². The molecule has 49 heavy (non-hydrogen) atoms. The molecule has 0 bridgehead atoms. The molecule has 2 aliphatic heterocycles. The summed E-state index contributed by atoms with van der Waals surface area (Å²) in [6.45, 7) is 7.93. The Morgan fingerprint density at radius 2 is 1.84 bits per heavy atom. The molecule has 1 aromatic carbocycles. The fourth-order valence-electron chi connectivity index (χ4n) is 6.04. The third-order valence-electron chi connectivity index (χ3n) is 8.79. The highest BCUT2D eigenvalue weighted by molar-refractivity contribution is 9.10. The number of benzene rings is 1. The topological polar surface area (TPSA) is 151 Å². The number of carbonyl (C=O) groups excluding carboxylic acids is 4. The molecular weight excluding hydrogens is 694 g/mol. The van der Waals surface area contributed by atoms with Gasteiger partial charge in [-0.25, -0.2) is 4.79 Å². The summed E-state index contributed by atoms with van der Waals surface area (Å²) in [5.74, 6) is -0.318. The van der Waals surface area contributed by atoms with Gasteiger partial charge in [-0.15, -0.1) is 0 Å². The summed E-state index contributed by atoms with van der Waals surface area (Å²) in [7, 11) is 1.30. The summed E-state index contributed by atoms with van der Waals surface area (Å²) < 4.78 is 17.0. The zero-order valence-corrected chi connectivity index (χ0v) is 30.3. The standard InChI is InChI=1S/C36H46BrN5O7/c1-36(2,3)49-35(46)41-14-11-24(12-15-41)8-10-32(43)42-13-5-6-27(22-42)34(45)40-31(18-33(44)47-4)28-17-29(21-39-20-28)48-23-25-7-9-26(19-38)30(37)16-25/h7,9,16-17,20-21,24,27,31H,5-6,8,10-15,18,22-23H2,1-4H3,(H,40,45). The molecule has 0 aliphatic carbocycles. The number of nitrogens with zero attached hydrogens (tertiary/aromatic N) is 4. The molecule has 2 saturated heterocycles. The number of piperidine rings is 2. The van der Waals surface area contributed by atoms with E-state index in [-0.39, 0.29) is 30.9 Å². The highest BCUT2D eigenvalue weighted by Crippen LogP contribution is 2.27. The molecule has 1 aromatic heterocycles. The Morgan fingerprint density at radius 1 is 1.08 bits per heavy atom. The molecule has 0 radical (unpaired) electrons. The predicted molar refractivity (Wildman–Crippen MR) is 184 cm³/mol. The first-order valence-electron chi connectivity index (χ1n) is 16.7. The van der Waals surface area contributed by atoms with E-state index in [1.807, 2.05) is 26.8 Å². The second-order valence-electron chi connectivity index (χ2n) is 13.6. The van der Waals surface area contributed by atoms with Gasteiger partial charge in [0.15, 0.2) is 0 Å². The number of hydrogen-bond donors (Lipinski definition) is 1. The highest BCUT2D eigenvalue weighted by Gasteiger charge is 2.32. The maximum Gasteiger partial charge on any atom is 0.410 e. The van der Waals surface area contributed by atoms with Crippen LogP contribution < -0.4 is 10.1 Å². The lowest BCUT2D eigenvalue weighted by molar-refractivity contribution is -0.141. The fourth-order valence-corrected chi connectivity index (χ4v) is 6.55. The second kappa shape index (κ2) is 17.5. The molecule has 1 N–H and O–H groups in total. The van der Waals surface area contributed by atoms with E-state index in [4.69, 9.17) is 19.5 Å². The van der Waals surface area contributed by atoms with Crippen molar-refractivity contribution in [2.24, 2.45) is 11.8 Å². The Morgan fingerprint density at radius 3 is 2.51 bits per heavy atom. The van der Waals surface area contributed by atoms with Crippen LogP contribution in [0.25, 0.3) is 0 Å². The molecule has 2 atom stereocenters. The van der Waals surface area contributed by atoms with Crippen LogP contribution >= 0.6 is 15.9 Å². The average Bonchev–Trinajstić information content (AvgIpc) is 3.09. The molecule has 4 rings (SSSR count). The first kappa shape index (κ1) is 37.6. The zero-order chi connectivity index (χ0) is 35.6. The number of amides is 3. The van der Waals surface area contributed by atoms with Crippen molar-refractivity contribution >= 4 is 39.8 Å². The molecule has 2 fully saturated rings. The molecule has 2 aromatic rings. The van der Waals surface area contributed by atoms with E-state index in [1.54, 1.807) is 40.4 Å². The van der Waals surface area contributed by atoms with Gasteiger partial charge >= 0.3 is 12.1 Å². The van der Waals surface area contributed by atoms with Crippen LogP contribution in [-0.4, -0.2) is 77.6 Å². The summed E-state index contributed by atoms with van der Waals surface area (Å²) in [5, 5.41) is 12.2. The van der Waals surface area contributed by atoms with Crippen LogP contribution in [0.2, 0.25) is 0 Å². The molecule has 3 amide bonds. The number of carbonyl (C=O) groups is 4. The van der Waals surface area contributed by atoms with Crippen molar-refractivity contribution in [2.45, 2.75) is 84.0 Å². The van der Waals surface area contributed by atoms with E-state index < -0.39 is 23.5 Å². The summed E-state index contributed by atoms with van der Waals surface area (Å²) in [6.07, 6.45) is 6.86. The summed E-state index contributed by atoms with van der Waals surface area (Å²) in [6, 6.07) is 8.45. The van der Waals surface area contributed by atoms with E-state index in [1.165, 1.54) is 7.11 Å². The van der Waals surface area contributed by atoms with Gasteiger partial charge in [-0.05, 0) is 104 Å². The first-order valence-corrected chi connectivity index (χ1v) is 17.5. The quantitative estimate of drug-likeness (QED) is 0.287. The van der Waals surface area contributed by atoms with Gasteiger partial charge in [0.05, 0.1) is 37.3 Å². The van der Waals surface area contributed by atoms with Crippen LogP contribution in [0, 0.1) is 23.2 Å². The number of rotatable bonds is 11. The third kappa shape index (κ3) is 11.4. The minimum atomic E-state index is -0.710. The number of nitrogens with one attached hydrogen (secondary N) is 1. The number of halogens is 1. The molecule has 2 aliphatic rings. The molecule has 0 saturated carbocycles. The summed E-state index contributed by atoms with van der Waals surface area (Å²) in [5.41, 5.74) is 1.42. The maximum absolute atomic E-state index is 13.6. The van der Waals surface area contributed by atoms with E-state index in [9.17, 15) is 19.2 Å². The predicted octanol–water partition coefficient (Wildman–Crippen LogP) is 5.68. The van der Waals surface area contributed by atoms with E-state index in [2.05, 4.69) is 32.3 Å². The van der Waals surface area contributed by atoms with Crippen LogP contribution in [0.15, 0.2) is 41.1 Å². The highest BCUT2D eigenvalue weighted by atomic mass is 79.9.